The summed E-state index contributed by atoms with van der Waals surface area (Å²) in [4.78, 5) is 12.5. The van der Waals surface area contributed by atoms with E-state index in [4.69, 9.17) is 4.74 Å². The van der Waals surface area contributed by atoms with E-state index in [0.29, 0.717) is 13.0 Å². The van der Waals surface area contributed by atoms with Gasteiger partial charge < -0.3 is 19.9 Å². The minimum Gasteiger partial charge on any atom is -0.497 e. The van der Waals surface area contributed by atoms with Gasteiger partial charge in [-0.2, -0.15) is 0 Å². The first kappa shape index (κ1) is 16.5. The third-order valence-electron chi connectivity index (χ3n) is 4.67. The van der Waals surface area contributed by atoms with Crippen LogP contribution in [0.1, 0.15) is 17.2 Å². The molecule has 2 heterocycles. The van der Waals surface area contributed by atoms with Crippen LogP contribution in [0.3, 0.4) is 0 Å². The summed E-state index contributed by atoms with van der Waals surface area (Å²) in [6.07, 6.45) is 0.313. The molecule has 1 aliphatic heterocycles. The molecule has 1 amide bonds. The SMILES string of the molecule is COc1ccc2cccc(CC(=O)NCc3nnc4n3CCNC4)c2c1. The molecule has 0 bridgehead atoms. The third-order valence-corrected chi connectivity index (χ3v) is 4.67. The molecule has 3 aromatic rings. The van der Waals surface area contributed by atoms with Crippen molar-refractivity contribution in [2.45, 2.75) is 26.1 Å². The summed E-state index contributed by atoms with van der Waals surface area (Å²) in [6.45, 7) is 2.83. The molecule has 0 unspecified atom stereocenters. The van der Waals surface area contributed by atoms with Crippen molar-refractivity contribution in [1.82, 2.24) is 25.4 Å². The lowest BCUT2D eigenvalue weighted by molar-refractivity contribution is -0.120. The first-order chi connectivity index (χ1) is 12.7. The summed E-state index contributed by atoms with van der Waals surface area (Å²) >= 11 is 0. The standard InChI is InChI=1S/C19H21N5O2/c1-26-15-6-5-13-3-2-4-14(16(13)10-15)9-19(25)21-12-18-23-22-17-11-20-7-8-24(17)18/h2-6,10,20H,7-9,11-12H2,1H3,(H,21,25). The van der Waals surface area contributed by atoms with Crippen LogP contribution in [-0.2, 0) is 30.8 Å². The Morgan fingerprint density at radius 3 is 3.12 bits per heavy atom. The van der Waals surface area contributed by atoms with Gasteiger partial charge in [0.2, 0.25) is 5.91 Å². The number of fused-ring (bicyclic) bond motifs is 2. The average molecular weight is 351 g/mol. The maximum Gasteiger partial charge on any atom is 0.224 e. The highest BCUT2D eigenvalue weighted by Gasteiger charge is 2.16. The molecule has 0 saturated heterocycles. The topological polar surface area (TPSA) is 81.1 Å². The van der Waals surface area contributed by atoms with E-state index in [2.05, 4.69) is 25.4 Å². The van der Waals surface area contributed by atoms with Crippen LogP contribution in [0.15, 0.2) is 36.4 Å². The number of hydrogen-bond acceptors (Lipinski definition) is 5. The molecule has 0 aliphatic carbocycles. The number of aromatic nitrogens is 3. The van der Waals surface area contributed by atoms with Crippen molar-refractivity contribution in [2.75, 3.05) is 13.7 Å². The fourth-order valence-electron chi connectivity index (χ4n) is 3.29. The number of rotatable bonds is 5. The van der Waals surface area contributed by atoms with Crippen LogP contribution in [0.25, 0.3) is 10.8 Å². The molecule has 1 aromatic heterocycles. The van der Waals surface area contributed by atoms with Crippen LogP contribution >= 0.6 is 0 Å². The molecule has 0 fully saturated rings. The van der Waals surface area contributed by atoms with E-state index in [-0.39, 0.29) is 5.91 Å². The lowest BCUT2D eigenvalue weighted by Crippen LogP contribution is -2.31. The molecule has 0 radical (unpaired) electrons. The van der Waals surface area contributed by atoms with E-state index in [0.717, 1.165) is 53.4 Å². The summed E-state index contributed by atoms with van der Waals surface area (Å²) in [5, 5.41) is 16.7. The second-order valence-electron chi connectivity index (χ2n) is 6.32. The number of amides is 1. The molecule has 0 spiro atoms. The van der Waals surface area contributed by atoms with Gasteiger partial charge in [0, 0.05) is 13.1 Å². The second-order valence-corrected chi connectivity index (χ2v) is 6.32. The molecular weight excluding hydrogens is 330 g/mol. The van der Waals surface area contributed by atoms with Gasteiger partial charge in [-0.3, -0.25) is 4.79 Å². The molecule has 2 N–H and O–H groups in total. The molecule has 2 aromatic carbocycles. The summed E-state index contributed by atoms with van der Waals surface area (Å²) in [5.74, 6) is 2.47. The van der Waals surface area contributed by atoms with Crippen molar-refractivity contribution in [3.05, 3.63) is 53.6 Å². The van der Waals surface area contributed by atoms with Crippen molar-refractivity contribution in [3.8, 4) is 5.75 Å². The highest BCUT2D eigenvalue weighted by molar-refractivity contribution is 5.91. The smallest absolute Gasteiger partial charge is 0.224 e. The van der Waals surface area contributed by atoms with Gasteiger partial charge in [-0.1, -0.05) is 24.3 Å². The summed E-state index contributed by atoms with van der Waals surface area (Å²) in [5.41, 5.74) is 0.978. The number of nitrogens with zero attached hydrogens (tertiary/aromatic N) is 3. The Morgan fingerprint density at radius 1 is 1.31 bits per heavy atom. The molecule has 1 aliphatic rings. The Bertz CT molecular complexity index is 950. The van der Waals surface area contributed by atoms with Gasteiger partial charge in [-0.15, -0.1) is 10.2 Å². The molecule has 0 atom stereocenters. The first-order valence-electron chi connectivity index (χ1n) is 8.68. The molecule has 26 heavy (non-hydrogen) atoms. The van der Waals surface area contributed by atoms with Gasteiger partial charge in [0.15, 0.2) is 5.82 Å². The van der Waals surface area contributed by atoms with Crippen molar-refractivity contribution >= 4 is 16.7 Å². The fraction of sp³-hybridized carbons (Fsp3) is 0.316. The highest BCUT2D eigenvalue weighted by Crippen LogP contribution is 2.24. The molecule has 4 rings (SSSR count). The monoisotopic (exact) mass is 351 g/mol. The summed E-state index contributed by atoms with van der Waals surface area (Å²) in [6, 6.07) is 11.9. The van der Waals surface area contributed by atoms with E-state index < -0.39 is 0 Å². The summed E-state index contributed by atoms with van der Waals surface area (Å²) in [7, 11) is 1.64. The molecular formula is C19H21N5O2. The Balaban J connectivity index is 1.47. The lowest BCUT2D eigenvalue weighted by Gasteiger charge is -2.16. The first-order valence-corrected chi connectivity index (χ1v) is 8.68. The molecule has 0 saturated carbocycles. The normalized spacial score (nSPS) is 13.4. The van der Waals surface area contributed by atoms with E-state index in [9.17, 15) is 4.79 Å². The highest BCUT2D eigenvalue weighted by atomic mass is 16.5. The van der Waals surface area contributed by atoms with Crippen LogP contribution in [0.2, 0.25) is 0 Å². The minimum atomic E-state index is -0.0356. The maximum absolute atomic E-state index is 12.5. The fourth-order valence-corrected chi connectivity index (χ4v) is 3.29. The zero-order valence-electron chi connectivity index (χ0n) is 14.7. The van der Waals surface area contributed by atoms with Crippen molar-refractivity contribution in [2.24, 2.45) is 0 Å². The number of methoxy groups -OCH3 is 1. The van der Waals surface area contributed by atoms with Gasteiger partial charge in [-0.25, -0.2) is 0 Å². The predicted octanol–water partition coefficient (Wildman–Crippen LogP) is 1.40. The number of ether oxygens (including phenoxy) is 1. The maximum atomic E-state index is 12.5. The quantitative estimate of drug-likeness (QED) is 0.726. The number of hydrogen-bond donors (Lipinski definition) is 2. The average Bonchev–Trinajstić information content (AvgIpc) is 3.09. The number of nitrogens with one attached hydrogen (secondary N) is 2. The van der Waals surface area contributed by atoms with Gasteiger partial charge in [-0.05, 0) is 28.5 Å². The van der Waals surface area contributed by atoms with Crippen molar-refractivity contribution in [1.29, 1.82) is 0 Å². The van der Waals surface area contributed by atoms with E-state index >= 15 is 0 Å². The van der Waals surface area contributed by atoms with Crippen molar-refractivity contribution < 1.29 is 9.53 Å². The van der Waals surface area contributed by atoms with Crippen molar-refractivity contribution in [3.63, 3.8) is 0 Å². The Morgan fingerprint density at radius 2 is 2.23 bits per heavy atom. The van der Waals surface area contributed by atoms with Crippen LogP contribution in [-0.4, -0.2) is 34.3 Å². The van der Waals surface area contributed by atoms with E-state index in [1.165, 1.54) is 0 Å². The second kappa shape index (κ2) is 7.13. The Labute approximate surface area is 151 Å². The van der Waals surface area contributed by atoms with E-state index in [1.807, 2.05) is 36.4 Å². The molecule has 7 nitrogen and oxygen atoms in total. The number of benzene rings is 2. The molecule has 7 heteroatoms. The van der Waals surface area contributed by atoms with Gasteiger partial charge in [0.05, 0.1) is 26.6 Å². The van der Waals surface area contributed by atoms with E-state index in [1.54, 1.807) is 7.11 Å². The van der Waals surface area contributed by atoms with Gasteiger partial charge in [0.1, 0.15) is 11.6 Å². The number of carbonyl (C=O) groups excluding carboxylic acids is 1. The zero-order valence-corrected chi connectivity index (χ0v) is 14.7. The zero-order chi connectivity index (χ0) is 17.9. The van der Waals surface area contributed by atoms with Crippen LogP contribution < -0.4 is 15.4 Å². The Kier molecular flexibility index (Phi) is 4.53. The van der Waals surface area contributed by atoms with Crippen LogP contribution in [0.4, 0.5) is 0 Å². The van der Waals surface area contributed by atoms with Gasteiger partial charge >= 0.3 is 0 Å². The summed E-state index contributed by atoms with van der Waals surface area (Å²) < 4.78 is 7.38. The van der Waals surface area contributed by atoms with Gasteiger partial charge in [0.25, 0.3) is 0 Å². The minimum absolute atomic E-state index is 0.0356. The molecule has 134 valence electrons. The number of carbonyl (C=O) groups is 1. The largest absolute Gasteiger partial charge is 0.497 e. The Hall–Kier alpha value is -2.93. The van der Waals surface area contributed by atoms with Crippen LogP contribution in [0.5, 0.6) is 5.75 Å². The van der Waals surface area contributed by atoms with Crippen LogP contribution in [0, 0.1) is 0 Å². The lowest BCUT2D eigenvalue weighted by atomic mass is 10.0. The predicted molar refractivity (Wildman–Crippen MR) is 97.8 cm³/mol. The third kappa shape index (κ3) is 3.25.